The van der Waals surface area contributed by atoms with Crippen LogP contribution >= 0.6 is 11.3 Å². The number of carbonyl (C=O) groups is 2. The van der Waals surface area contributed by atoms with Gasteiger partial charge in [0.15, 0.2) is 5.78 Å². The molecule has 0 atom stereocenters. The predicted molar refractivity (Wildman–Crippen MR) is 105 cm³/mol. The maximum atomic E-state index is 12.3. The number of ketones is 1. The van der Waals surface area contributed by atoms with Gasteiger partial charge in [-0.3, -0.25) is 9.59 Å². The number of aryl methyl sites for hydroxylation is 2. The minimum atomic E-state index is -0.0935. The van der Waals surface area contributed by atoms with Gasteiger partial charge in [-0.1, -0.05) is 18.2 Å². The van der Waals surface area contributed by atoms with Gasteiger partial charge < -0.3 is 10.3 Å². The van der Waals surface area contributed by atoms with Crippen molar-refractivity contribution >= 4 is 28.7 Å². The number of hydrogen-bond acceptors (Lipinski definition) is 4. The van der Waals surface area contributed by atoms with E-state index in [4.69, 9.17) is 0 Å². The number of para-hydroxylation sites is 1. The lowest BCUT2D eigenvalue weighted by atomic mass is 10.1. The lowest BCUT2D eigenvalue weighted by Gasteiger charge is -2.06. The van der Waals surface area contributed by atoms with E-state index in [9.17, 15) is 9.59 Å². The number of benzene rings is 1. The summed E-state index contributed by atoms with van der Waals surface area (Å²) in [6, 6.07) is 7.68. The molecule has 3 rings (SSSR count). The number of nitrogens with one attached hydrogen (secondary N) is 2. The van der Waals surface area contributed by atoms with Gasteiger partial charge in [0, 0.05) is 22.3 Å². The summed E-state index contributed by atoms with van der Waals surface area (Å²) in [4.78, 5) is 31.9. The SMILES string of the molecule is CC(=O)c1c(C)[nH]c(-c2csc(CC(=O)Nc3ccccc3C)n2)c1C. The molecule has 0 saturated carbocycles. The molecule has 0 saturated heterocycles. The van der Waals surface area contributed by atoms with Gasteiger partial charge in [-0.2, -0.15) is 0 Å². The number of anilines is 1. The first-order valence-corrected chi connectivity index (χ1v) is 9.25. The molecule has 0 unspecified atom stereocenters. The summed E-state index contributed by atoms with van der Waals surface area (Å²) in [7, 11) is 0. The fraction of sp³-hybridized carbons (Fsp3) is 0.250. The highest BCUT2D eigenvalue weighted by Crippen LogP contribution is 2.29. The van der Waals surface area contributed by atoms with Gasteiger partial charge in [-0.05, 0) is 44.9 Å². The Hall–Kier alpha value is -2.73. The lowest BCUT2D eigenvalue weighted by Crippen LogP contribution is -2.14. The summed E-state index contributed by atoms with van der Waals surface area (Å²) >= 11 is 1.44. The van der Waals surface area contributed by atoms with Gasteiger partial charge in [0.2, 0.25) is 5.91 Å². The molecule has 3 aromatic rings. The third kappa shape index (κ3) is 3.60. The molecular formula is C20H21N3O2S. The van der Waals surface area contributed by atoms with Gasteiger partial charge in [0.05, 0.1) is 17.8 Å². The third-order valence-electron chi connectivity index (χ3n) is 4.33. The van der Waals surface area contributed by atoms with Crippen LogP contribution in [-0.2, 0) is 11.2 Å². The molecule has 0 aliphatic rings. The van der Waals surface area contributed by atoms with Gasteiger partial charge in [-0.15, -0.1) is 11.3 Å². The topological polar surface area (TPSA) is 74.8 Å². The largest absolute Gasteiger partial charge is 0.356 e. The Morgan fingerprint density at radius 3 is 2.58 bits per heavy atom. The number of Topliss-reactive ketones (excluding diaryl/α,β-unsaturated/α-hetero) is 1. The number of carbonyl (C=O) groups excluding carboxylic acids is 2. The Morgan fingerprint density at radius 2 is 1.92 bits per heavy atom. The van der Waals surface area contributed by atoms with Crippen LogP contribution in [0.3, 0.4) is 0 Å². The monoisotopic (exact) mass is 367 g/mol. The number of H-pyrrole nitrogens is 1. The fourth-order valence-electron chi connectivity index (χ4n) is 3.09. The minimum Gasteiger partial charge on any atom is -0.356 e. The van der Waals surface area contributed by atoms with E-state index < -0.39 is 0 Å². The van der Waals surface area contributed by atoms with Crippen LogP contribution < -0.4 is 5.32 Å². The second-order valence-corrected chi connectivity index (χ2v) is 7.29. The van der Waals surface area contributed by atoms with Crippen molar-refractivity contribution < 1.29 is 9.59 Å². The van der Waals surface area contributed by atoms with Crippen molar-refractivity contribution in [3.8, 4) is 11.4 Å². The standard InChI is InChI=1S/C20H21N3O2S/c1-11-7-5-6-8-15(11)22-17(25)9-18-23-16(10-26-18)20-12(2)19(14(4)24)13(3)21-20/h5-8,10,21H,9H2,1-4H3,(H,22,25). The van der Waals surface area contributed by atoms with Crippen LogP contribution in [0.2, 0.25) is 0 Å². The lowest BCUT2D eigenvalue weighted by molar-refractivity contribution is -0.115. The average Bonchev–Trinajstić information content (AvgIpc) is 3.13. The molecule has 134 valence electrons. The second-order valence-electron chi connectivity index (χ2n) is 6.35. The molecule has 2 N–H and O–H groups in total. The van der Waals surface area contributed by atoms with Crippen molar-refractivity contribution in [3.63, 3.8) is 0 Å². The van der Waals surface area contributed by atoms with Crippen LogP contribution in [0.25, 0.3) is 11.4 Å². The molecule has 1 amide bonds. The normalized spacial score (nSPS) is 10.8. The van der Waals surface area contributed by atoms with E-state index in [0.717, 1.165) is 38.9 Å². The molecule has 0 aliphatic heterocycles. The first-order valence-electron chi connectivity index (χ1n) is 8.37. The molecule has 0 bridgehead atoms. The number of amides is 1. The molecule has 0 fully saturated rings. The zero-order valence-electron chi connectivity index (χ0n) is 15.3. The molecule has 6 heteroatoms. The van der Waals surface area contributed by atoms with Crippen LogP contribution in [-0.4, -0.2) is 21.7 Å². The highest BCUT2D eigenvalue weighted by Gasteiger charge is 2.18. The van der Waals surface area contributed by atoms with Gasteiger partial charge >= 0.3 is 0 Å². The smallest absolute Gasteiger partial charge is 0.231 e. The van der Waals surface area contributed by atoms with Crippen LogP contribution in [0.4, 0.5) is 5.69 Å². The van der Waals surface area contributed by atoms with E-state index in [1.807, 2.05) is 50.4 Å². The number of nitrogens with zero attached hydrogens (tertiary/aromatic N) is 1. The van der Waals surface area contributed by atoms with E-state index in [0.29, 0.717) is 5.56 Å². The highest BCUT2D eigenvalue weighted by molar-refractivity contribution is 7.10. The first kappa shape index (κ1) is 18.1. The quantitative estimate of drug-likeness (QED) is 0.654. The summed E-state index contributed by atoms with van der Waals surface area (Å²) in [5.41, 5.74) is 5.90. The summed E-state index contributed by atoms with van der Waals surface area (Å²) in [5.74, 6) is -0.0559. The molecule has 1 aromatic carbocycles. The molecule has 2 aromatic heterocycles. The Bertz CT molecular complexity index is 985. The van der Waals surface area contributed by atoms with E-state index >= 15 is 0 Å². The maximum Gasteiger partial charge on any atom is 0.231 e. The third-order valence-corrected chi connectivity index (χ3v) is 5.18. The van der Waals surface area contributed by atoms with Crippen molar-refractivity contribution in [2.24, 2.45) is 0 Å². The summed E-state index contributed by atoms with van der Waals surface area (Å²) in [6.07, 6.45) is 0.220. The van der Waals surface area contributed by atoms with Crippen LogP contribution in [0, 0.1) is 20.8 Å². The summed E-state index contributed by atoms with van der Waals surface area (Å²) in [6.45, 7) is 7.32. The van der Waals surface area contributed by atoms with Crippen LogP contribution in [0.1, 0.15) is 39.1 Å². The number of rotatable bonds is 5. The maximum absolute atomic E-state index is 12.3. The number of hydrogen-bond donors (Lipinski definition) is 2. The van der Waals surface area contributed by atoms with Gasteiger partial charge in [0.25, 0.3) is 0 Å². The Morgan fingerprint density at radius 1 is 1.19 bits per heavy atom. The average molecular weight is 367 g/mol. The zero-order valence-corrected chi connectivity index (χ0v) is 16.1. The van der Waals surface area contributed by atoms with Crippen LogP contribution in [0.5, 0.6) is 0 Å². The van der Waals surface area contributed by atoms with E-state index in [1.54, 1.807) is 6.92 Å². The Balaban J connectivity index is 1.76. The van der Waals surface area contributed by atoms with Crippen molar-refractivity contribution in [2.45, 2.75) is 34.1 Å². The van der Waals surface area contributed by atoms with E-state index in [1.165, 1.54) is 11.3 Å². The van der Waals surface area contributed by atoms with Crippen molar-refractivity contribution in [1.29, 1.82) is 0 Å². The first-order chi connectivity index (χ1) is 12.4. The number of thiazole rings is 1. The van der Waals surface area contributed by atoms with Gasteiger partial charge in [-0.25, -0.2) is 4.98 Å². The fourth-order valence-corrected chi connectivity index (χ4v) is 3.87. The van der Waals surface area contributed by atoms with Crippen molar-refractivity contribution in [2.75, 3.05) is 5.32 Å². The second kappa shape index (κ2) is 7.25. The molecule has 2 heterocycles. The van der Waals surface area contributed by atoms with Crippen molar-refractivity contribution in [1.82, 2.24) is 9.97 Å². The molecular weight excluding hydrogens is 346 g/mol. The number of aromatic nitrogens is 2. The zero-order chi connectivity index (χ0) is 18.8. The van der Waals surface area contributed by atoms with Crippen LogP contribution in [0.15, 0.2) is 29.6 Å². The molecule has 0 spiro atoms. The summed E-state index contributed by atoms with van der Waals surface area (Å²) < 4.78 is 0. The van der Waals surface area contributed by atoms with E-state index in [-0.39, 0.29) is 18.1 Å². The molecule has 5 nitrogen and oxygen atoms in total. The minimum absolute atomic E-state index is 0.0376. The van der Waals surface area contributed by atoms with Gasteiger partial charge in [0.1, 0.15) is 5.01 Å². The molecule has 0 aliphatic carbocycles. The highest BCUT2D eigenvalue weighted by atomic mass is 32.1. The summed E-state index contributed by atoms with van der Waals surface area (Å²) in [5, 5.41) is 5.58. The molecule has 0 radical (unpaired) electrons. The van der Waals surface area contributed by atoms with Crippen molar-refractivity contribution in [3.05, 3.63) is 57.0 Å². The predicted octanol–water partition coefficient (Wildman–Crippen LogP) is 4.45. The molecule has 26 heavy (non-hydrogen) atoms. The van der Waals surface area contributed by atoms with E-state index in [2.05, 4.69) is 15.3 Å². The Labute approximate surface area is 156 Å². The Kier molecular flexibility index (Phi) is 5.04. The number of aromatic amines is 1.